The van der Waals surface area contributed by atoms with E-state index < -0.39 is 0 Å². The zero-order valence-corrected chi connectivity index (χ0v) is 12.0. The number of aldehydes is 1. The lowest BCUT2D eigenvalue weighted by Gasteiger charge is -2.09. The molecule has 0 amide bonds. The van der Waals surface area contributed by atoms with Crippen LogP contribution < -0.4 is 14.8 Å². The molecule has 0 aliphatic heterocycles. The Labute approximate surface area is 124 Å². The molecule has 0 saturated heterocycles. The van der Waals surface area contributed by atoms with Crippen molar-refractivity contribution in [2.75, 3.05) is 19.5 Å². The number of carbonyl (C=O) groups excluding carboxylic acids is 1. The second-order valence-corrected chi connectivity index (χ2v) is 4.30. The molecule has 2 aromatic rings. The van der Waals surface area contributed by atoms with E-state index in [1.165, 1.54) is 0 Å². The highest BCUT2D eigenvalue weighted by Gasteiger charge is 2.07. The molecule has 0 fully saturated rings. The maximum absolute atomic E-state index is 11.3. The van der Waals surface area contributed by atoms with Gasteiger partial charge in [0, 0.05) is 17.5 Å². The summed E-state index contributed by atoms with van der Waals surface area (Å²) >= 11 is 0. The fraction of sp³-hybridized carbons (Fsp3) is 0.118. The Morgan fingerprint density at radius 1 is 1.00 bits per heavy atom. The van der Waals surface area contributed by atoms with Crippen LogP contribution in [-0.2, 0) is 4.79 Å². The Morgan fingerprint density at radius 3 is 2.33 bits per heavy atom. The molecular weight excluding hydrogens is 266 g/mol. The maximum atomic E-state index is 11.3. The van der Waals surface area contributed by atoms with E-state index >= 15 is 0 Å². The van der Waals surface area contributed by atoms with Crippen LogP contribution in [0.2, 0.25) is 0 Å². The van der Waals surface area contributed by atoms with Gasteiger partial charge in [-0.15, -0.1) is 0 Å². The third-order valence-corrected chi connectivity index (χ3v) is 3.01. The zero-order valence-electron chi connectivity index (χ0n) is 12.0. The fourth-order valence-corrected chi connectivity index (χ4v) is 1.90. The second-order valence-electron chi connectivity index (χ2n) is 4.30. The molecule has 0 atom stereocenters. The maximum Gasteiger partial charge on any atom is 0.161 e. The van der Waals surface area contributed by atoms with Crippen LogP contribution in [-0.4, -0.2) is 20.5 Å². The lowest BCUT2D eigenvalue weighted by atomic mass is 10.1. The molecule has 4 nitrogen and oxygen atoms in total. The standard InChI is InChI=1S/C17H17NO3/c1-20-16-9-8-13(10-17(16)21-2)14(12-19)11-18-15-6-4-3-5-7-15/h3-12,18H,1-2H3/b14-11+. The van der Waals surface area contributed by atoms with Gasteiger partial charge >= 0.3 is 0 Å². The van der Waals surface area contributed by atoms with Crippen LogP contribution in [0.1, 0.15) is 5.56 Å². The summed E-state index contributed by atoms with van der Waals surface area (Å²) in [5, 5.41) is 3.09. The van der Waals surface area contributed by atoms with Crippen molar-refractivity contribution in [3.05, 3.63) is 60.3 Å². The van der Waals surface area contributed by atoms with E-state index in [1.54, 1.807) is 32.6 Å². The van der Waals surface area contributed by atoms with E-state index in [9.17, 15) is 4.79 Å². The van der Waals surface area contributed by atoms with Crippen molar-refractivity contribution in [1.29, 1.82) is 0 Å². The molecule has 21 heavy (non-hydrogen) atoms. The van der Waals surface area contributed by atoms with Gasteiger partial charge in [-0.1, -0.05) is 24.3 Å². The minimum atomic E-state index is 0.528. The van der Waals surface area contributed by atoms with Gasteiger partial charge in [0.2, 0.25) is 0 Å². The number of benzene rings is 2. The van der Waals surface area contributed by atoms with Gasteiger partial charge in [0.1, 0.15) is 0 Å². The molecule has 0 unspecified atom stereocenters. The fourth-order valence-electron chi connectivity index (χ4n) is 1.90. The van der Waals surface area contributed by atoms with Crippen molar-refractivity contribution >= 4 is 17.5 Å². The van der Waals surface area contributed by atoms with Crippen molar-refractivity contribution in [1.82, 2.24) is 0 Å². The van der Waals surface area contributed by atoms with Crippen LogP contribution >= 0.6 is 0 Å². The molecular formula is C17H17NO3. The number of hydrogen-bond donors (Lipinski definition) is 1. The molecule has 0 radical (unpaired) electrons. The highest BCUT2D eigenvalue weighted by molar-refractivity contribution is 6.07. The molecule has 2 rings (SSSR count). The number of anilines is 1. The van der Waals surface area contributed by atoms with Crippen molar-refractivity contribution in [2.45, 2.75) is 0 Å². The van der Waals surface area contributed by atoms with Crippen LogP contribution in [0.5, 0.6) is 11.5 Å². The van der Waals surface area contributed by atoms with Gasteiger partial charge in [0.25, 0.3) is 0 Å². The van der Waals surface area contributed by atoms with Crippen molar-refractivity contribution in [2.24, 2.45) is 0 Å². The molecule has 0 saturated carbocycles. The van der Waals surface area contributed by atoms with Gasteiger partial charge in [-0.25, -0.2) is 0 Å². The summed E-state index contributed by atoms with van der Waals surface area (Å²) in [6, 6.07) is 15.0. The highest BCUT2D eigenvalue weighted by atomic mass is 16.5. The van der Waals surface area contributed by atoms with Crippen molar-refractivity contribution in [3.63, 3.8) is 0 Å². The summed E-state index contributed by atoms with van der Waals surface area (Å²) in [7, 11) is 3.14. The minimum Gasteiger partial charge on any atom is -0.493 e. The van der Waals surface area contributed by atoms with Crippen LogP contribution in [0, 0.1) is 0 Å². The first-order valence-electron chi connectivity index (χ1n) is 6.48. The van der Waals surface area contributed by atoms with Crippen molar-refractivity contribution < 1.29 is 14.3 Å². The summed E-state index contributed by atoms with van der Waals surface area (Å²) in [5.74, 6) is 1.21. The number of rotatable bonds is 6. The Morgan fingerprint density at radius 2 is 1.71 bits per heavy atom. The van der Waals surface area contributed by atoms with Gasteiger partial charge in [-0.2, -0.15) is 0 Å². The number of hydrogen-bond acceptors (Lipinski definition) is 4. The molecule has 1 N–H and O–H groups in total. The summed E-state index contributed by atoms with van der Waals surface area (Å²) in [6.45, 7) is 0. The monoisotopic (exact) mass is 283 g/mol. The average molecular weight is 283 g/mol. The van der Waals surface area contributed by atoms with Gasteiger partial charge in [0.05, 0.1) is 14.2 Å². The molecule has 2 aromatic carbocycles. The normalized spacial score (nSPS) is 10.9. The molecule has 0 heterocycles. The Balaban J connectivity index is 2.26. The SMILES string of the molecule is COc1ccc(/C(C=O)=C/Nc2ccccc2)cc1OC. The molecule has 4 heteroatoms. The largest absolute Gasteiger partial charge is 0.493 e. The summed E-state index contributed by atoms with van der Waals surface area (Å²) < 4.78 is 10.4. The summed E-state index contributed by atoms with van der Waals surface area (Å²) in [6.07, 6.45) is 2.47. The molecule has 0 aliphatic rings. The van der Waals surface area contributed by atoms with E-state index in [0.717, 1.165) is 17.5 Å². The molecule has 0 aliphatic carbocycles. The van der Waals surface area contributed by atoms with Gasteiger partial charge in [-0.3, -0.25) is 4.79 Å². The number of ether oxygens (including phenoxy) is 2. The van der Waals surface area contributed by atoms with Crippen LogP contribution in [0.4, 0.5) is 5.69 Å². The number of methoxy groups -OCH3 is 2. The Bertz CT molecular complexity index is 636. The first-order chi connectivity index (χ1) is 10.3. The quantitative estimate of drug-likeness (QED) is 0.652. The molecule has 108 valence electrons. The summed E-state index contributed by atoms with van der Waals surface area (Å²) in [5.41, 5.74) is 2.20. The second kappa shape index (κ2) is 7.14. The highest BCUT2D eigenvalue weighted by Crippen LogP contribution is 2.29. The van der Waals surface area contributed by atoms with E-state index in [4.69, 9.17) is 9.47 Å². The predicted octanol–water partition coefficient (Wildman–Crippen LogP) is 3.36. The van der Waals surface area contributed by atoms with Gasteiger partial charge in [0.15, 0.2) is 17.8 Å². The summed E-state index contributed by atoms with van der Waals surface area (Å²) in [4.78, 5) is 11.3. The topological polar surface area (TPSA) is 47.6 Å². The number of carbonyl (C=O) groups is 1. The number of para-hydroxylation sites is 1. The lowest BCUT2D eigenvalue weighted by molar-refractivity contribution is -0.103. The van der Waals surface area contributed by atoms with E-state index in [2.05, 4.69) is 5.32 Å². The van der Waals surface area contributed by atoms with E-state index in [0.29, 0.717) is 17.1 Å². The molecule has 0 spiro atoms. The first-order valence-corrected chi connectivity index (χ1v) is 6.48. The van der Waals surface area contributed by atoms with Gasteiger partial charge < -0.3 is 14.8 Å². The first kappa shape index (κ1) is 14.7. The third kappa shape index (κ3) is 3.63. The van der Waals surface area contributed by atoms with Crippen LogP contribution in [0.15, 0.2) is 54.7 Å². The lowest BCUT2D eigenvalue weighted by Crippen LogP contribution is -1.96. The van der Waals surface area contributed by atoms with E-state index in [-0.39, 0.29) is 0 Å². The van der Waals surface area contributed by atoms with Gasteiger partial charge in [-0.05, 0) is 29.8 Å². The third-order valence-electron chi connectivity index (χ3n) is 3.01. The predicted molar refractivity (Wildman–Crippen MR) is 83.7 cm³/mol. The Kier molecular flexibility index (Phi) is 4.99. The zero-order chi connectivity index (χ0) is 15.1. The molecule has 0 bridgehead atoms. The van der Waals surface area contributed by atoms with E-state index in [1.807, 2.05) is 36.4 Å². The molecule has 0 aromatic heterocycles. The average Bonchev–Trinajstić information content (AvgIpc) is 2.56. The Hall–Kier alpha value is -2.75. The number of nitrogens with one attached hydrogen (secondary N) is 1. The minimum absolute atomic E-state index is 0.528. The number of allylic oxidation sites excluding steroid dienone is 1. The smallest absolute Gasteiger partial charge is 0.161 e. The van der Waals surface area contributed by atoms with Crippen LogP contribution in [0.3, 0.4) is 0 Å². The van der Waals surface area contributed by atoms with Crippen LogP contribution in [0.25, 0.3) is 5.57 Å². The van der Waals surface area contributed by atoms with Crippen molar-refractivity contribution in [3.8, 4) is 11.5 Å².